The van der Waals surface area contributed by atoms with Gasteiger partial charge in [-0.15, -0.1) is 0 Å². The van der Waals surface area contributed by atoms with Crippen molar-refractivity contribution >= 4 is 5.91 Å². The monoisotopic (exact) mass is 321 g/mol. The molecule has 5 heteroatoms. The highest BCUT2D eigenvalue weighted by Crippen LogP contribution is 2.45. The lowest BCUT2D eigenvalue weighted by Gasteiger charge is -2.31. The van der Waals surface area contributed by atoms with Crippen molar-refractivity contribution in [3.8, 4) is 0 Å². The predicted molar refractivity (Wildman–Crippen MR) is 90.9 cm³/mol. The fourth-order valence-electron chi connectivity index (χ4n) is 4.15. The van der Waals surface area contributed by atoms with Crippen molar-refractivity contribution in [3.05, 3.63) is 18.2 Å². The first-order chi connectivity index (χ1) is 11.1. The summed E-state index contributed by atoms with van der Waals surface area (Å²) in [6, 6.07) is 0.157. The maximum absolute atomic E-state index is 11.7. The number of carbonyl (C=O) groups excluding carboxylic acids is 1. The van der Waals surface area contributed by atoms with Gasteiger partial charge in [0.15, 0.2) is 0 Å². The van der Waals surface area contributed by atoms with Crippen LogP contribution in [0.2, 0.25) is 0 Å². The minimum atomic E-state index is 0.0339. The molecule has 4 atom stereocenters. The molecule has 1 aromatic heterocycles. The number of nitrogens with one attached hydrogen (secondary N) is 2. The van der Waals surface area contributed by atoms with Crippen LogP contribution >= 0.6 is 0 Å². The van der Waals surface area contributed by atoms with Crippen LogP contribution in [0, 0.1) is 17.8 Å². The van der Waals surface area contributed by atoms with Crippen LogP contribution in [0.25, 0.3) is 0 Å². The fraction of sp³-hybridized carbons (Fsp3) is 0.778. The number of amides is 1. The van der Waals surface area contributed by atoms with Crippen LogP contribution in [0.3, 0.4) is 0 Å². The minimum absolute atomic E-state index is 0.0339. The Labute approximate surface area is 139 Å². The van der Waals surface area contributed by atoms with E-state index in [0.29, 0.717) is 17.8 Å². The third kappa shape index (κ3) is 4.56. The molecule has 1 aromatic rings. The second-order valence-electron chi connectivity index (χ2n) is 6.99. The first-order valence-corrected chi connectivity index (χ1v) is 8.96. The van der Waals surface area contributed by atoms with Crippen LogP contribution in [-0.4, -0.2) is 33.6 Å². The van der Waals surface area contributed by atoms with Crippen LogP contribution in [0.4, 0.5) is 0 Å². The van der Waals surface area contributed by atoms with Crippen LogP contribution < -0.4 is 5.32 Å². The molecule has 0 radical (unpaired) electrons. The van der Waals surface area contributed by atoms with Crippen molar-refractivity contribution in [2.45, 2.75) is 64.8 Å². The van der Waals surface area contributed by atoms with Gasteiger partial charge in [0.05, 0.1) is 0 Å². The molecular weight excluding hydrogens is 290 g/mol. The van der Waals surface area contributed by atoms with Gasteiger partial charge in [-0.05, 0) is 37.0 Å². The zero-order valence-corrected chi connectivity index (χ0v) is 14.6. The number of H-pyrrole nitrogens is 1. The SMILES string of the molecule is CCC(CC)C[C@H](NC(C)=O)[C@@H]1C[C@@H](CO)C[C@H]1c1ncc[nH]1. The highest BCUT2D eigenvalue weighted by molar-refractivity contribution is 5.73. The summed E-state index contributed by atoms with van der Waals surface area (Å²) >= 11 is 0. The first kappa shape index (κ1) is 18.0. The van der Waals surface area contributed by atoms with Gasteiger partial charge < -0.3 is 15.4 Å². The minimum Gasteiger partial charge on any atom is -0.396 e. The lowest BCUT2D eigenvalue weighted by atomic mass is 9.82. The molecule has 2 rings (SSSR count). The summed E-state index contributed by atoms with van der Waals surface area (Å²) < 4.78 is 0. The lowest BCUT2D eigenvalue weighted by Crippen LogP contribution is -2.41. The van der Waals surface area contributed by atoms with Gasteiger partial charge >= 0.3 is 0 Å². The smallest absolute Gasteiger partial charge is 0.217 e. The zero-order valence-electron chi connectivity index (χ0n) is 14.6. The summed E-state index contributed by atoms with van der Waals surface area (Å²) in [5, 5.41) is 12.8. The largest absolute Gasteiger partial charge is 0.396 e. The standard InChI is InChI=1S/C18H31N3O2/c1-4-13(5-2)10-17(21-12(3)23)15-8-14(11-22)9-16(15)18-19-6-7-20-18/h6-7,13-17,22H,4-5,8-11H2,1-3H3,(H,19,20)(H,21,23)/t14-,15-,16-,17+/m1/s1. The number of imidazole rings is 1. The number of aliphatic hydroxyl groups is 1. The number of aromatic nitrogens is 2. The molecule has 1 saturated carbocycles. The van der Waals surface area contributed by atoms with Crippen molar-refractivity contribution in [2.75, 3.05) is 6.61 Å². The Hall–Kier alpha value is -1.36. The summed E-state index contributed by atoms with van der Waals surface area (Å²) in [4.78, 5) is 19.4. The molecule has 1 fully saturated rings. The van der Waals surface area contributed by atoms with Gasteiger partial charge in [-0.25, -0.2) is 4.98 Å². The van der Waals surface area contributed by atoms with Crippen molar-refractivity contribution in [2.24, 2.45) is 17.8 Å². The number of nitrogens with zero attached hydrogens (tertiary/aromatic N) is 1. The third-order valence-corrected chi connectivity index (χ3v) is 5.49. The molecule has 0 bridgehead atoms. The van der Waals surface area contributed by atoms with Crippen molar-refractivity contribution in [1.29, 1.82) is 0 Å². The van der Waals surface area contributed by atoms with E-state index in [1.54, 1.807) is 13.1 Å². The molecule has 1 aliphatic carbocycles. The van der Waals surface area contributed by atoms with Crippen LogP contribution in [0.15, 0.2) is 12.4 Å². The number of hydrogen-bond acceptors (Lipinski definition) is 3. The van der Waals surface area contributed by atoms with E-state index in [2.05, 4.69) is 29.1 Å². The topological polar surface area (TPSA) is 78.0 Å². The molecule has 1 heterocycles. The number of aliphatic hydroxyl groups excluding tert-OH is 1. The van der Waals surface area contributed by atoms with Gasteiger partial charge in [0, 0.05) is 37.9 Å². The number of aromatic amines is 1. The molecule has 0 spiro atoms. The Balaban J connectivity index is 2.20. The van der Waals surface area contributed by atoms with E-state index in [0.717, 1.165) is 37.9 Å². The molecular formula is C18H31N3O2. The molecule has 1 aliphatic rings. The Kier molecular flexibility index (Phi) is 6.63. The number of rotatable bonds is 8. The predicted octanol–water partition coefficient (Wildman–Crippen LogP) is 2.84. The Bertz CT molecular complexity index is 471. The summed E-state index contributed by atoms with van der Waals surface area (Å²) in [6.45, 7) is 6.24. The molecule has 23 heavy (non-hydrogen) atoms. The summed E-state index contributed by atoms with van der Waals surface area (Å²) in [6.07, 6.45) is 8.80. The van der Waals surface area contributed by atoms with Crippen LogP contribution in [0.5, 0.6) is 0 Å². The maximum atomic E-state index is 11.7. The van der Waals surface area contributed by atoms with Crippen molar-refractivity contribution < 1.29 is 9.90 Å². The zero-order chi connectivity index (χ0) is 16.8. The average molecular weight is 321 g/mol. The van der Waals surface area contributed by atoms with Crippen molar-refractivity contribution in [1.82, 2.24) is 15.3 Å². The second kappa shape index (κ2) is 8.48. The quantitative estimate of drug-likeness (QED) is 0.689. The number of hydrogen-bond donors (Lipinski definition) is 3. The van der Waals surface area contributed by atoms with Gasteiger partial charge in [0.1, 0.15) is 5.82 Å². The molecule has 3 N–H and O–H groups in total. The highest BCUT2D eigenvalue weighted by atomic mass is 16.3. The van der Waals surface area contributed by atoms with E-state index in [4.69, 9.17) is 0 Å². The molecule has 5 nitrogen and oxygen atoms in total. The van der Waals surface area contributed by atoms with Crippen molar-refractivity contribution in [3.63, 3.8) is 0 Å². The Morgan fingerprint density at radius 2 is 2.17 bits per heavy atom. The molecule has 0 aromatic carbocycles. The van der Waals surface area contributed by atoms with Gasteiger partial charge in [-0.3, -0.25) is 4.79 Å². The van der Waals surface area contributed by atoms with Crippen LogP contribution in [0.1, 0.15) is 64.6 Å². The maximum Gasteiger partial charge on any atom is 0.217 e. The Morgan fingerprint density at radius 1 is 1.43 bits per heavy atom. The summed E-state index contributed by atoms with van der Waals surface area (Å²) in [5.74, 6) is 2.57. The van der Waals surface area contributed by atoms with E-state index in [1.165, 1.54) is 0 Å². The highest BCUT2D eigenvalue weighted by Gasteiger charge is 2.41. The van der Waals surface area contributed by atoms with Gasteiger partial charge in [0.25, 0.3) is 0 Å². The van der Waals surface area contributed by atoms with E-state index in [1.807, 2.05) is 6.20 Å². The van der Waals surface area contributed by atoms with E-state index in [-0.39, 0.29) is 24.5 Å². The summed E-state index contributed by atoms with van der Waals surface area (Å²) in [7, 11) is 0. The third-order valence-electron chi connectivity index (χ3n) is 5.49. The average Bonchev–Trinajstić information content (AvgIpc) is 3.19. The lowest BCUT2D eigenvalue weighted by molar-refractivity contribution is -0.120. The number of carbonyl (C=O) groups is 1. The summed E-state index contributed by atoms with van der Waals surface area (Å²) in [5.41, 5.74) is 0. The van der Waals surface area contributed by atoms with E-state index in [9.17, 15) is 9.90 Å². The van der Waals surface area contributed by atoms with E-state index >= 15 is 0 Å². The van der Waals surface area contributed by atoms with Gasteiger partial charge in [-0.1, -0.05) is 26.7 Å². The molecule has 130 valence electrons. The normalized spacial score (nSPS) is 25.7. The molecule has 0 aliphatic heterocycles. The second-order valence-corrected chi connectivity index (χ2v) is 6.99. The van der Waals surface area contributed by atoms with E-state index < -0.39 is 0 Å². The molecule has 1 amide bonds. The van der Waals surface area contributed by atoms with Gasteiger partial charge in [-0.2, -0.15) is 0 Å². The van der Waals surface area contributed by atoms with Gasteiger partial charge in [0.2, 0.25) is 5.91 Å². The molecule has 0 unspecified atom stereocenters. The fourth-order valence-corrected chi connectivity index (χ4v) is 4.15. The van der Waals surface area contributed by atoms with Crippen LogP contribution in [-0.2, 0) is 4.79 Å². The molecule has 0 saturated heterocycles. The Morgan fingerprint density at radius 3 is 2.70 bits per heavy atom. The first-order valence-electron chi connectivity index (χ1n) is 8.96.